The fraction of sp³-hybridized carbons (Fsp3) is 0.500. The molecule has 0 unspecified atom stereocenters. The Bertz CT molecular complexity index is 468. The van der Waals surface area contributed by atoms with Gasteiger partial charge in [-0.05, 0) is 12.8 Å². The highest BCUT2D eigenvalue weighted by atomic mass is 35.5. The normalized spacial score (nSPS) is 16.9. The first kappa shape index (κ1) is 14.4. The van der Waals surface area contributed by atoms with E-state index in [2.05, 4.69) is 15.6 Å². The van der Waals surface area contributed by atoms with Crippen molar-refractivity contribution in [3.05, 3.63) is 21.6 Å². The standard InChI is InChI=1S/C12H15Cl2N3O2/c13-11-9(19-10(8-18)12(11)14)4-5-15-16-17-6-2-1-3-7-17/h5,8,16H,1-4,6-7H2/b15-5+. The second-order valence-electron chi connectivity index (χ2n) is 4.30. The van der Waals surface area contributed by atoms with Crippen molar-refractivity contribution >= 4 is 35.7 Å². The molecule has 1 aliphatic heterocycles. The highest BCUT2D eigenvalue weighted by Gasteiger charge is 2.15. The summed E-state index contributed by atoms with van der Waals surface area (Å²) in [5.74, 6) is 0.497. The average molecular weight is 304 g/mol. The van der Waals surface area contributed by atoms with Gasteiger partial charge in [0, 0.05) is 25.7 Å². The molecule has 1 aliphatic rings. The molecule has 1 aromatic rings. The van der Waals surface area contributed by atoms with Crippen LogP contribution in [0.15, 0.2) is 9.52 Å². The Kier molecular flexibility index (Phi) is 5.24. The topological polar surface area (TPSA) is 57.8 Å². The van der Waals surface area contributed by atoms with Crippen molar-refractivity contribution < 1.29 is 9.21 Å². The third-order valence-electron chi connectivity index (χ3n) is 2.92. The SMILES string of the molecule is O=Cc1oc(C/C=N/NN2CCCCC2)c(Cl)c1Cl. The van der Waals surface area contributed by atoms with Gasteiger partial charge < -0.3 is 4.42 Å². The molecule has 1 fully saturated rings. The zero-order chi connectivity index (χ0) is 13.7. The quantitative estimate of drug-likeness (QED) is 0.516. The maximum Gasteiger partial charge on any atom is 0.186 e. The van der Waals surface area contributed by atoms with E-state index in [1.54, 1.807) is 6.21 Å². The molecular formula is C12H15Cl2N3O2. The van der Waals surface area contributed by atoms with E-state index in [1.165, 1.54) is 19.3 Å². The Morgan fingerprint density at radius 3 is 2.63 bits per heavy atom. The molecule has 0 bridgehead atoms. The summed E-state index contributed by atoms with van der Waals surface area (Å²) in [6.07, 6.45) is 6.21. The number of halogens is 2. The van der Waals surface area contributed by atoms with Crippen LogP contribution in [-0.4, -0.2) is 30.6 Å². The number of piperidine rings is 1. The molecule has 1 aromatic heterocycles. The summed E-state index contributed by atoms with van der Waals surface area (Å²) >= 11 is 11.8. The van der Waals surface area contributed by atoms with E-state index in [0.717, 1.165) is 13.1 Å². The van der Waals surface area contributed by atoms with Gasteiger partial charge in [0.15, 0.2) is 12.0 Å². The van der Waals surface area contributed by atoms with Crippen molar-refractivity contribution in [3.8, 4) is 0 Å². The van der Waals surface area contributed by atoms with Gasteiger partial charge in [-0.25, -0.2) is 10.5 Å². The molecular weight excluding hydrogens is 289 g/mol. The molecule has 19 heavy (non-hydrogen) atoms. The number of hydrazone groups is 1. The lowest BCUT2D eigenvalue weighted by Gasteiger charge is -2.24. The minimum absolute atomic E-state index is 0.0547. The van der Waals surface area contributed by atoms with Crippen molar-refractivity contribution in [3.63, 3.8) is 0 Å². The largest absolute Gasteiger partial charge is 0.455 e. The smallest absolute Gasteiger partial charge is 0.186 e. The Balaban J connectivity index is 1.86. The molecule has 1 N–H and O–H groups in total. The average Bonchev–Trinajstić information content (AvgIpc) is 2.72. The van der Waals surface area contributed by atoms with Crippen LogP contribution in [0.4, 0.5) is 0 Å². The lowest BCUT2D eigenvalue weighted by atomic mass is 10.2. The molecule has 2 heterocycles. The van der Waals surface area contributed by atoms with Gasteiger partial charge in [-0.2, -0.15) is 5.10 Å². The maximum atomic E-state index is 10.6. The van der Waals surface area contributed by atoms with Crippen LogP contribution < -0.4 is 5.53 Å². The summed E-state index contributed by atoms with van der Waals surface area (Å²) in [4.78, 5) is 10.6. The van der Waals surface area contributed by atoms with Crippen LogP contribution in [0, 0.1) is 0 Å². The molecule has 0 amide bonds. The Morgan fingerprint density at radius 2 is 2.00 bits per heavy atom. The van der Waals surface area contributed by atoms with E-state index in [0.29, 0.717) is 18.5 Å². The van der Waals surface area contributed by atoms with E-state index >= 15 is 0 Å². The van der Waals surface area contributed by atoms with Crippen molar-refractivity contribution in [1.29, 1.82) is 0 Å². The van der Waals surface area contributed by atoms with E-state index in [9.17, 15) is 4.79 Å². The molecule has 0 aromatic carbocycles. The first-order valence-electron chi connectivity index (χ1n) is 6.16. The number of nitrogens with zero attached hydrogens (tertiary/aromatic N) is 2. The molecule has 7 heteroatoms. The molecule has 0 saturated carbocycles. The van der Waals surface area contributed by atoms with Crippen molar-refractivity contribution in [2.24, 2.45) is 5.10 Å². The van der Waals surface area contributed by atoms with Gasteiger partial charge >= 0.3 is 0 Å². The van der Waals surface area contributed by atoms with Crippen LogP contribution in [-0.2, 0) is 6.42 Å². The third-order valence-corrected chi connectivity index (χ3v) is 3.79. The fourth-order valence-electron chi connectivity index (χ4n) is 1.90. The number of carbonyl (C=O) groups excluding carboxylic acids is 1. The molecule has 5 nitrogen and oxygen atoms in total. The van der Waals surface area contributed by atoms with E-state index < -0.39 is 0 Å². The van der Waals surface area contributed by atoms with E-state index in [1.807, 2.05) is 0 Å². The fourth-order valence-corrected chi connectivity index (χ4v) is 2.30. The Hall–Kier alpha value is -1.04. The third kappa shape index (κ3) is 3.72. The summed E-state index contributed by atoms with van der Waals surface area (Å²) in [6, 6.07) is 0. The number of nitrogens with one attached hydrogen (secondary N) is 1. The lowest BCUT2D eigenvalue weighted by Crippen LogP contribution is -2.38. The highest BCUT2D eigenvalue weighted by Crippen LogP contribution is 2.31. The zero-order valence-electron chi connectivity index (χ0n) is 10.4. The van der Waals surface area contributed by atoms with Crippen molar-refractivity contribution in [2.45, 2.75) is 25.7 Å². The van der Waals surface area contributed by atoms with Crippen LogP contribution in [0.25, 0.3) is 0 Å². The van der Waals surface area contributed by atoms with Crippen LogP contribution in [0.5, 0.6) is 0 Å². The second kappa shape index (κ2) is 6.93. The van der Waals surface area contributed by atoms with E-state index in [-0.39, 0.29) is 15.8 Å². The summed E-state index contributed by atoms with van der Waals surface area (Å²) in [5.41, 5.74) is 2.96. The molecule has 2 rings (SSSR count). The number of hydrogen-bond donors (Lipinski definition) is 1. The summed E-state index contributed by atoms with van der Waals surface area (Å²) < 4.78 is 5.22. The summed E-state index contributed by atoms with van der Waals surface area (Å²) in [7, 11) is 0. The van der Waals surface area contributed by atoms with Crippen LogP contribution in [0.2, 0.25) is 10.0 Å². The monoisotopic (exact) mass is 303 g/mol. The van der Waals surface area contributed by atoms with Gasteiger partial charge in [-0.15, -0.1) is 0 Å². The molecule has 0 spiro atoms. The first-order chi connectivity index (χ1) is 9.22. The lowest BCUT2D eigenvalue weighted by molar-refractivity contribution is 0.109. The van der Waals surface area contributed by atoms with Crippen LogP contribution in [0.1, 0.15) is 35.6 Å². The summed E-state index contributed by atoms with van der Waals surface area (Å²) in [5, 5.41) is 6.59. The number of furan rings is 1. The van der Waals surface area contributed by atoms with Crippen LogP contribution >= 0.6 is 23.2 Å². The van der Waals surface area contributed by atoms with E-state index in [4.69, 9.17) is 27.6 Å². The van der Waals surface area contributed by atoms with Gasteiger partial charge in [0.1, 0.15) is 15.8 Å². The van der Waals surface area contributed by atoms with Gasteiger partial charge in [0.25, 0.3) is 0 Å². The van der Waals surface area contributed by atoms with Crippen LogP contribution in [0.3, 0.4) is 0 Å². The minimum atomic E-state index is 0.0547. The number of aldehydes is 1. The summed E-state index contributed by atoms with van der Waals surface area (Å²) in [6.45, 7) is 2.00. The number of hydrogen-bond acceptors (Lipinski definition) is 5. The number of carbonyl (C=O) groups is 1. The molecule has 1 saturated heterocycles. The van der Waals surface area contributed by atoms with Gasteiger partial charge in [0.05, 0.1) is 0 Å². The first-order valence-corrected chi connectivity index (χ1v) is 6.92. The zero-order valence-corrected chi connectivity index (χ0v) is 11.9. The molecule has 0 aliphatic carbocycles. The van der Waals surface area contributed by atoms with Crippen molar-refractivity contribution in [1.82, 2.24) is 10.5 Å². The van der Waals surface area contributed by atoms with Crippen molar-refractivity contribution in [2.75, 3.05) is 13.1 Å². The Morgan fingerprint density at radius 1 is 1.26 bits per heavy atom. The van der Waals surface area contributed by atoms with Gasteiger partial charge in [-0.3, -0.25) is 4.79 Å². The minimum Gasteiger partial charge on any atom is -0.455 e. The molecule has 0 atom stereocenters. The predicted octanol–water partition coefficient (Wildman–Crippen LogP) is 2.92. The second-order valence-corrected chi connectivity index (χ2v) is 5.05. The molecule has 104 valence electrons. The number of rotatable bonds is 5. The van der Waals surface area contributed by atoms with Gasteiger partial charge in [-0.1, -0.05) is 29.6 Å². The molecule has 0 radical (unpaired) electrons. The number of hydrazine groups is 1. The van der Waals surface area contributed by atoms with Gasteiger partial charge in [0.2, 0.25) is 0 Å². The predicted molar refractivity (Wildman–Crippen MR) is 74.9 cm³/mol. The maximum absolute atomic E-state index is 10.6. The highest BCUT2D eigenvalue weighted by molar-refractivity contribution is 6.43. The Labute approximate surface area is 121 Å².